The van der Waals surface area contributed by atoms with E-state index in [1.807, 2.05) is 0 Å². The van der Waals surface area contributed by atoms with Crippen molar-refractivity contribution in [2.24, 2.45) is 5.92 Å². The molecule has 2 atom stereocenters. The lowest BCUT2D eigenvalue weighted by Gasteiger charge is -2.29. The SMILES string of the molecule is CCOC(=O)CC(N1CC(CSC(C)=O)CC1=O)C(F)(F)F. The fraction of sp³-hybridized carbons (Fsp3) is 0.769. The number of carbonyl (C=O) groups is 3. The number of hydrogen-bond acceptors (Lipinski definition) is 5. The zero-order chi connectivity index (χ0) is 16.9. The minimum atomic E-state index is -4.70. The molecule has 0 aliphatic carbocycles. The lowest BCUT2D eigenvalue weighted by Crippen LogP contribution is -2.48. The number of likely N-dealkylation sites (tertiary alicyclic amines) is 1. The van der Waals surface area contributed by atoms with Crippen molar-refractivity contribution in [1.29, 1.82) is 0 Å². The van der Waals surface area contributed by atoms with Gasteiger partial charge in [-0.3, -0.25) is 14.4 Å². The molecule has 0 aromatic heterocycles. The van der Waals surface area contributed by atoms with Gasteiger partial charge in [0.1, 0.15) is 6.04 Å². The smallest absolute Gasteiger partial charge is 0.409 e. The third-order valence-corrected chi connectivity index (χ3v) is 4.22. The molecule has 1 saturated heterocycles. The standard InChI is InChI=1S/C13H18F3NO4S/c1-3-21-12(20)5-10(13(14,15)16)17-6-9(4-11(17)19)7-22-8(2)18/h9-10H,3-7H2,1-2H3. The summed E-state index contributed by atoms with van der Waals surface area (Å²) >= 11 is 0.983. The molecule has 0 aromatic carbocycles. The maximum absolute atomic E-state index is 13.1. The number of halogens is 3. The van der Waals surface area contributed by atoms with Gasteiger partial charge in [0.15, 0.2) is 5.12 Å². The molecule has 126 valence electrons. The van der Waals surface area contributed by atoms with Gasteiger partial charge in [-0.2, -0.15) is 13.2 Å². The summed E-state index contributed by atoms with van der Waals surface area (Å²) < 4.78 is 43.9. The summed E-state index contributed by atoms with van der Waals surface area (Å²) in [5, 5.41) is -0.148. The predicted molar refractivity (Wildman–Crippen MR) is 74.1 cm³/mol. The first-order valence-electron chi connectivity index (χ1n) is 6.80. The quantitative estimate of drug-likeness (QED) is 0.692. The molecule has 0 radical (unpaired) electrons. The Balaban J connectivity index is 2.76. The van der Waals surface area contributed by atoms with E-state index in [9.17, 15) is 27.6 Å². The van der Waals surface area contributed by atoms with Crippen molar-refractivity contribution < 1.29 is 32.3 Å². The summed E-state index contributed by atoms with van der Waals surface area (Å²) in [5.74, 6) is -1.67. The summed E-state index contributed by atoms with van der Waals surface area (Å²) in [7, 11) is 0. The minimum Gasteiger partial charge on any atom is -0.466 e. The topological polar surface area (TPSA) is 63.7 Å². The van der Waals surface area contributed by atoms with E-state index in [1.165, 1.54) is 13.8 Å². The second-order valence-corrected chi connectivity index (χ2v) is 6.18. The average Bonchev–Trinajstić information content (AvgIpc) is 2.73. The van der Waals surface area contributed by atoms with Crippen LogP contribution in [0.4, 0.5) is 13.2 Å². The summed E-state index contributed by atoms with van der Waals surface area (Å²) in [6.45, 7) is 2.73. The fourth-order valence-corrected chi connectivity index (χ4v) is 2.93. The molecule has 0 saturated carbocycles. The van der Waals surface area contributed by atoms with Crippen LogP contribution in [0.3, 0.4) is 0 Å². The number of esters is 1. The van der Waals surface area contributed by atoms with Crippen LogP contribution < -0.4 is 0 Å². The van der Waals surface area contributed by atoms with Gasteiger partial charge in [0.05, 0.1) is 13.0 Å². The summed E-state index contributed by atoms with van der Waals surface area (Å²) in [6.07, 6.45) is -5.66. The molecule has 1 aliphatic rings. The lowest BCUT2D eigenvalue weighted by molar-refractivity contribution is -0.193. The van der Waals surface area contributed by atoms with E-state index >= 15 is 0 Å². The number of carbonyl (C=O) groups excluding carboxylic acids is 3. The summed E-state index contributed by atoms with van der Waals surface area (Å²) in [6, 6.07) is -2.17. The highest BCUT2D eigenvalue weighted by Crippen LogP contribution is 2.33. The van der Waals surface area contributed by atoms with Crippen molar-refractivity contribution in [2.45, 2.75) is 38.9 Å². The van der Waals surface area contributed by atoms with Crippen LogP contribution in [-0.2, 0) is 19.1 Å². The molecule has 2 unspecified atom stereocenters. The molecule has 1 amide bonds. The van der Waals surface area contributed by atoms with Gasteiger partial charge in [0.25, 0.3) is 0 Å². The van der Waals surface area contributed by atoms with Crippen LogP contribution in [0.15, 0.2) is 0 Å². The number of amides is 1. The normalized spacial score (nSPS) is 20.1. The first kappa shape index (κ1) is 18.8. The molecule has 1 aliphatic heterocycles. The third-order valence-electron chi connectivity index (χ3n) is 3.18. The second-order valence-electron chi connectivity index (χ2n) is 4.99. The van der Waals surface area contributed by atoms with Crippen LogP contribution in [0.25, 0.3) is 0 Å². The predicted octanol–water partition coefficient (Wildman–Crippen LogP) is 2.00. The van der Waals surface area contributed by atoms with Crippen molar-refractivity contribution in [2.75, 3.05) is 18.9 Å². The van der Waals surface area contributed by atoms with Gasteiger partial charge in [-0.05, 0) is 12.8 Å². The van der Waals surface area contributed by atoms with Crippen molar-refractivity contribution in [3.8, 4) is 0 Å². The van der Waals surface area contributed by atoms with Crippen LogP contribution in [0.1, 0.15) is 26.7 Å². The molecule has 0 spiro atoms. The Kier molecular flexibility index (Phi) is 6.70. The Morgan fingerprint density at radius 3 is 2.59 bits per heavy atom. The Hall–Kier alpha value is -1.25. The van der Waals surface area contributed by atoms with Gasteiger partial charge < -0.3 is 9.64 Å². The van der Waals surface area contributed by atoms with Gasteiger partial charge in [-0.15, -0.1) is 0 Å². The maximum atomic E-state index is 13.1. The largest absolute Gasteiger partial charge is 0.466 e. The molecule has 5 nitrogen and oxygen atoms in total. The molecule has 0 aromatic rings. The molecule has 0 bridgehead atoms. The Morgan fingerprint density at radius 2 is 2.09 bits per heavy atom. The summed E-state index contributed by atoms with van der Waals surface area (Å²) in [4.78, 5) is 34.8. The van der Waals surface area contributed by atoms with Crippen molar-refractivity contribution >= 4 is 28.8 Å². The van der Waals surface area contributed by atoms with Gasteiger partial charge in [0.2, 0.25) is 5.91 Å². The average molecular weight is 341 g/mol. The van der Waals surface area contributed by atoms with E-state index in [4.69, 9.17) is 0 Å². The molecule has 1 fully saturated rings. The van der Waals surface area contributed by atoms with E-state index in [-0.39, 0.29) is 30.6 Å². The summed E-state index contributed by atoms with van der Waals surface area (Å²) in [5.41, 5.74) is 0. The minimum absolute atomic E-state index is 0.0186. The van der Waals surface area contributed by atoms with Gasteiger partial charge in [-0.1, -0.05) is 11.8 Å². The number of ether oxygens (including phenoxy) is 1. The first-order chi connectivity index (χ1) is 10.1. The Morgan fingerprint density at radius 1 is 1.45 bits per heavy atom. The van der Waals surface area contributed by atoms with Crippen LogP contribution in [0.2, 0.25) is 0 Å². The molecular weight excluding hydrogens is 323 g/mol. The zero-order valence-corrected chi connectivity index (χ0v) is 13.1. The first-order valence-corrected chi connectivity index (χ1v) is 7.78. The number of rotatable bonds is 6. The monoisotopic (exact) mass is 341 g/mol. The molecule has 1 heterocycles. The van der Waals surface area contributed by atoms with Crippen molar-refractivity contribution in [3.63, 3.8) is 0 Å². The maximum Gasteiger partial charge on any atom is 0.409 e. The Labute approximate surface area is 130 Å². The van der Waals surface area contributed by atoms with Crippen LogP contribution in [-0.4, -0.2) is 53.0 Å². The van der Waals surface area contributed by atoms with Crippen molar-refractivity contribution in [1.82, 2.24) is 4.90 Å². The van der Waals surface area contributed by atoms with E-state index < -0.39 is 30.5 Å². The highest BCUT2D eigenvalue weighted by Gasteiger charge is 2.49. The van der Waals surface area contributed by atoms with E-state index in [0.29, 0.717) is 10.7 Å². The number of hydrogen-bond donors (Lipinski definition) is 0. The number of thioether (sulfide) groups is 1. The van der Waals surface area contributed by atoms with Crippen molar-refractivity contribution in [3.05, 3.63) is 0 Å². The van der Waals surface area contributed by atoms with E-state index in [2.05, 4.69) is 4.74 Å². The van der Waals surface area contributed by atoms with E-state index in [1.54, 1.807) is 0 Å². The fourth-order valence-electron chi connectivity index (χ4n) is 2.24. The van der Waals surface area contributed by atoms with E-state index in [0.717, 1.165) is 11.8 Å². The lowest BCUT2D eigenvalue weighted by atomic mass is 10.1. The number of alkyl halides is 3. The molecule has 0 N–H and O–H groups in total. The number of nitrogens with zero attached hydrogens (tertiary/aromatic N) is 1. The highest BCUT2D eigenvalue weighted by molar-refractivity contribution is 8.13. The van der Waals surface area contributed by atoms with Gasteiger partial charge in [-0.25, -0.2) is 0 Å². The van der Waals surface area contributed by atoms with Gasteiger partial charge in [0, 0.05) is 25.6 Å². The van der Waals surface area contributed by atoms with Crippen LogP contribution >= 0.6 is 11.8 Å². The second kappa shape index (κ2) is 7.85. The van der Waals surface area contributed by atoms with Gasteiger partial charge >= 0.3 is 12.1 Å². The molecule has 9 heteroatoms. The molecule has 22 heavy (non-hydrogen) atoms. The van der Waals surface area contributed by atoms with Crippen LogP contribution in [0.5, 0.6) is 0 Å². The molecule has 1 rings (SSSR count). The third kappa shape index (κ3) is 5.51. The highest BCUT2D eigenvalue weighted by atomic mass is 32.2. The van der Waals surface area contributed by atoms with Crippen LogP contribution in [0, 0.1) is 5.92 Å². The Bertz CT molecular complexity index is 441. The molecular formula is C13H18F3NO4S. The zero-order valence-electron chi connectivity index (χ0n) is 12.3.